The largest absolute Gasteiger partial charge is 0.353 e. The summed E-state index contributed by atoms with van der Waals surface area (Å²) in [7, 11) is -3.71. The van der Waals surface area contributed by atoms with Crippen molar-refractivity contribution in [3.8, 4) is 6.07 Å². The van der Waals surface area contributed by atoms with Gasteiger partial charge in [-0.25, -0.2) is 13.1 Å². The second kappa shape index (κ2) is 6.24. The number of nitrogens with zero attached hydrogens (tertiary/aromatic N) is 1. The van der Waals surface area contributed by atoms with Crippen molar-refractivity contribution in [2.24, 2.45) is 0 Å². The molecule has 6 nitrogen and oxygen atoms in total. The number of sulfonamides is 1. The van der Waals surface area contributed by atoms with Crippen molar-refractivity contribution in [3.05, 3.63) is 29.3 Å². The highest BCUT2D eigenvalue weighted by Crippen LogP contribution is 2.19. The van der Waals surface area contributed by atoms with E-state index in [-0.39, 0.29) is 35.4 Å². The highest BCUT2D eigenvalue weighted by atomic mass is 32.2. The van der Waals surface area contributed by atoms with Gasteiger partial charge in [-0.15, -0.1) is 0 Å². The van der Waals surface area contributed by atoms with E-state index in [1.807, 2.05) is 6.07 Å². The van der Waals surface area contributed by atoms with Gasteiger partial charge in [0.15, 0.2) is 0 Å². The van der Waals surface area contributed by atoms with E-state index in [2.05, 4.69) is 10.0 Å². The summed E-state index contributed by atoms with van der Waals surface area (Å²) in [6.07, 6.45) is 2.10. The van der Waals surface area contributed by atoms with Gasteiger partial charge in [-0.05, 0) is 37.5 Å². The first kappa shape index (κ1) is 15.5. The minimum Gasteiger partial charge on any atom is -0.353 e. The fourth-order valence-corrected chi connectivity index (χ4v) is 3.16. The number of rotatable bonds is 6. The third kappa shape index (κ3) is 4.28. The van der Waals surface area contributed by atoms with E-state index >= 15 is 0 Å². The molecule has 112 valence electrons. The molecule has 0 aliphatic heterocycles. The monoisotopic (exact) mass is 307 g/mol. The second-order valence-electron chi connectivity index (χ2n) is 5.08. The average Bonchev–Trinajstić information content (AvgIpc) is 3.22. The van der Waals surface area contributed by atoms with Crippen molar-refractivity contribution in [2.45, 2.75) is 37.1 Å². The molecule has 0 aromatic heterocycles. The van der Waals surface area contributed by atoms with Crippen LogP contribution < -0.4 is 10.0 Å². The van der Waals surface area contributed by atoms with Gasteiger partial charge in [0.25, 0.3) is 0 Å². The quantitative estimate of drug-likeness (QED) is 0.812. The molecule has 0 heterocycles. The minimum atomic E-state index is -3.71. The van der Waals surface area contributed by atoms with Crippen LogP contribution in [-0.4, -0.2) is 26.9 Å². The minimum absolute atomic E-state index is 0.0388. The molecule has 0 atom stereocenters. The Kier molecular flexibility index (Phi) is 4.60. The van der Waals surface area contributed by atoms with Gasteiger partial charge in [0, 0.05) is 19.0 Å². The van der Waals surface area contributed by atoms with E-state index in [9.17, 15) is 13.2 Å². The summed E-state index contributed by atoms with van der Waals surface area (Å²) in [6, 6.07) is 6.67. The van der Waals surface area contributed by atoms with Crippen molar-refractivity contribution in [1.82, 2.24) is 10.0 Å². The van der Waals surface area contributed by atoms with Gasteiger partial charge in [0.2, 0.25) is 15.9 Å². The van der Waals surface area contributed by atoms with E-state index in [1.165, 1.54) is 6.07 Å². The van der Waals surface area contributed by atoms with Crippen LogP contribution in [-0.2, 0) is 14.8 Å². The molecule has 0 unspecified atom stereocenters. The van der Waals surface area contributed by atoms with Crippen LogP contribution in [0.4, 0.5) is 0 Å². The van der Waals surface area contributed by atoms with Crippen molar-refractivity contribution >= 4 is 15.9 Å². The summed E-state index contributed by atoms with van der Waals surface area (Å²) < 4.78 is 26.8. The van der Waals surface area contributed by atoms with E-state index in [1.54, 1.807) is 19.1 Å². The first-order valence-electron chi connectivity index (χ1n) is 6.72. The Morgan fingerprint density at radius 3 is 2.76 bits per heavy atom. The number of benzene rings is 1. The van der Waals surface area contributed by atoms with Gasteiger partial charge in [-0.1, -0.05) is 6.07 Å². The zero-order chi connectivity index (χ0) is 15.5. The smallest absolute Gasteiger partial charge is 0.240 e. The SMILES string of the molecule is Cc1ccc(C#N)cc1S(=O)(=O)NCCC(=O)NC1CC1. The number of aryl methyl sites for hydroxylation is 1. The maximum absolute atomic E-state index is 12.2. The van der Waals surface area contributed by atoms with Crippen LogP contribution in [0.1, 0.15) is 30.4 Å². The summed E-state index contributed by atoms with van der Waals surface area (Å²) in [5.74, 6) is -0.150. The summed E-state index contributed by atoms with van der Waals surface area (Å²) in [6.45, 7) is 1.70. The molecule has 1 aromatic carbocycles. The van der Waals surface area contributed by atoms with Crippen LogP contribution in [0, 0.1) is 18.3 Å². The Hall–Kier alpha value is -1.91. The molecule has 21 heavy (non-hydrogen) atoms. The van der Waals surface area contributed by atoms with E-state index in [0.717, 1.165) is 12.8 Å². The van der Waals surface area contributed by atoms with Gasteiger partial charge in [-0.3, -0.25) is 4.79 Å². The molecular formula is C14H17N3O3S. The standard InChI is InChI=1S/C14H17N3O3S/c1-10-2-3-11(9-15)8-13(10)21(19,20)16-7-6-14(18)17-12-4-5-12/h2-3,8,12,16H,4-7H2,1H3,(H,17,18). The van der Waals surface area contributed by atoms with Gasteiger partial charge >= 0.3 is 0 Å². The first-order chi connectivity index (χ1) is 9.92. The van der Waals surface area contributed by atoms with Crippen molar-refractivity contribution in [1.29, 1.82) is 5.26 Å². The molecule has 2 N–H and O–H groups in total. The highest BCUT2D eigenvalue weighted by Gasteiger charge is 2.23. The molecule has 1 fully saturated rings. The van der Waals surface area contributed by atoms with Gasteiger partial charge in [0.1, 0.15) is 0 Å². The number of nitrogens with one attached hydrogen (secondary N) is 2. The normalized spacial score (nSPS) is 14.5. The van der Waals surface area contributed by atoms with Crippen LogP contribution in [0.15, 0.2) is 23.1 Å². The van der Waals surface area contributed by atoms with E-state index < -0.39 is 10.0 Å². The van der Waals surface area contributed by atoms with Crippen molar-refractivity contribution in [2.75, 3.05) is 6.54 Å². The first-order valence-corrected chi connectivity index (χ1v) is 8.20. The summed E-state index contributed by atoms with van der Waals surface area (Å²) in [5, 5.41) is 11.6. The summed E-state index contributed by atoms with van der Waals surface area (Å²) >= 11 is 0. The number of nitriles is 1. The molecule has 1 aromatic rings. The van der Waals surface area contributed by atoms with Crippen LogP contribution in [0.25, 0.3) is 0 Å². The molecule has 2 rings (SSSR count). The Morgan fingerprint density at radius 2 is 2.14 bits per heavy atom. The molecule has 1 amide bonds. The van der Waals surface area contributed by atoms with Crippen molar-refractivity contribution in [3.63, 3.8) is 0 Å². The molecule has 1 saturated carbocycles. The Bertz CT molecular complexity index is 688. The highest BCUT2D eigenvalue weighted by molar-refractivity contribution is 7.89. The lowest BCUT2D eigenvalue weighted by Gasteiger charge is -2.09. The fourth-order valence-electron chi connectivity index (χ4n) is 1.86. The molecule has 1 aliphatic carbocycles. The molecular weight excluding hydrogens is 290 g/mol. The number of hydrogen-bond acceptors (Lipinski definition) is 4. The third-order valence-corrected chi connectivity index (χ3v) is 4.80. The van der Waals surface area contributed by atoms with E-state index in [4.69, 9.17) is 5.26 Å². The fraction of sp³-hybridized carbons (Fsp3) is 0.429. The summed E-state index contributed by atoms with van der Waals surface area (Å²) in [4.78, 5) is 11.6. The Labute approximate surface area is 124 Å². The molecule has 1 aliphatic rings. The third-order valence-electron chi connectivity index (χ3n) is 3.19. The maximum Gasteiger partial charge on any atom is 0.240 e. The molecule has 0 saturated heterocycles. The van der Waals surface area contributed by atoms with Gasteiger partial charge in [-0.2, -0.15) is 5.26 Å². The Balaban J connectivity index is 1.97. The second-order valence-corrected chi connectivity index (χ2v) is 6.82. The number of amides is 1. The van der Waals surface area contributed by atoms with Crippen molar-refractivity contribution < 1.29 is 13.2 Å². The van der Waals surface area contributed by atoms with Gasteiger partial charge in [0.05, 0.1) is 16.5 Å². The zero-order valence-corrected chi connectivity index (χ0v) is 12.5. The lowest BCUT2D eigenvalue weighted by Crippen LogP contribution is -2.32. The zero-order valence-electron chi connectivity index (χ0n) is 11.7. The van der Waals surface area contributed by atoms with Gasteiger partial charge < -0.3 is 5.32 Å². The predicted octanol–water partition coefficient (Wildman–Crippen LogP) is 0.814. The maximum atomic E-state index is 12.2. The predicted molar refractivity (Wildman–Crippen MR) is 76.9 cm³/mol. The number of carbonyl (C=O) groups is 1. The topological polar surface area (TPSA) is 99.1 Å². The lowest BCUT2D eigenvalue weighted by molar-refractivity contribution is -0.121. The molecule has 0 radical (unpaired) electrons. The van der Waals surface area contributed by atoms with Crippen LogP contribution >= 0.6 is 0 Å². The summed E-state index contributed by atoms with van der Waals surface area (Å²) in [5.41, 5.74) is 0.844. The average molecular weight is 307 g/mol. The lowest BCUT2D eigenvalue weighted by atomic mass is 10.2. The molecule has 0 bridgehead atoms. The molecule has 7 heteroatoms. The van der Waals surface area contributed by atoms with Crippen LogP contribution in [0.3, 0.4) is 0 Å². The number of hydrogen-bond donors (Lipinski definition) is 2. The Morgan fingerprint density at radius 1 is 1.43 bits per heavy atom. The van der Waals surface area contributed by atoms with E-state index in [0.29, 0.717) is 5.56 Å². The number of carbonyl (C=O) groups excluding carboxylic acids is 1. The van der Waals surface area contributed by atoms with Crippen LogP contribution in [0.2, 0.25) is 0 Å². The molecule has 0 spiro atoms. The van der Waals surface area contributed by atoms with Crippen LogP contribution in [0.5, 0.6) is 0 Å².